The van der Waals surface area contributed by atoms with E-state index in [1.54, 1.807) is 42.6 Å². The van der Waals surface area contributed by atoms with Crippen LogP contribution in [0.3, 0.4) is 0 Å². The Labute approximate surface area is 230 Å². The Morgan fingerprint density at radius 1 is 1.22 bits per heavy atom. The van der Waals surface area contributed by atoms with Crippen molar-refractivity contribution in [2.75, 3.05) is 11.5 Å². The molecule has 2 aliphatic heterocycles. The van der Waals surface area contributed by atoms with Crippen molar-refractivity contribution in [3.05, 3.63) is 76.2 Å². The maximum absolute atomic E-state index is 13.0. The molecule has 3 N–H and O–H groups in total. The Morgan fingerprint density at radius 3 is 2.81 bits per heavy atom. The first-order valence-electron chi connectivity index (χ1n) is 11.1. The van der Waals surface area contributed by atoms with Crippen LogP contribution >= 0.6 is 46.7 Å². The van der Waals surface area contributed by atoms with E-state index < -0.39 is 23.3 Å². The number of benzene rings is 2. The van der Waals surface area contributed by atoms with Gasteiger partial charge in [0.1, 0.15) is 22.9 Å². The van der Waals surface area contributed by atoms with Crippen LogP contribution in [0.4, 0.5) is 0 Å². The summed E-state index contributed by atoms with van der Waals surface area (Å²) in [7, 11) is 0. The van der Waals surface area contributed by atoms with E-state index in [0.717, 1.165) is 5.39 Å². The van der Waals surface area contributed by atoms with Gasteiger partial charge in [0, 0.05) is 38.1 Å². The third-order valence-electron chi connectivity index (χ3n) is 6.05. The number of aliphatic carboxylic acids is 1. The maximum Gasteiger partial charge on any atom is 0.352 e. The van der Waals surface area contributed by atoms with Crippen molar-refractivity contribution in [3.63, 3.8) is 0 Å². The molecular weight excluding hydrogens is 557 g/mol. The fourth-order valence-electron chi connectivity index (χ4n) is 4.33. The number of hydrogen-bond acceptors (Lipinski definition) is 6. The molecule has 190 valence electrons. The van der Waals surface area contributed by atoms with Crippen LogP contribution in [0.1, 0.15) is 0 Å². The summed E-state index contributed by atoms with van der Waals surface area (Å²) in [5.74, 6) is -1.42. The highest BCUT2D eigenvalue weighted by Crippen LogP contribution is 2.40. The van der Waals surface area contributed by atoms with Gasteiger partial charge in [-0.05, 0) is 30.3 Å². The maximum atomic E-state index is 13.0. The molecule has 5 rings (SSSR count). The summed E-state index contributed by atoms with van der Waals surface area (Å²) in [5, 5.41) is 24.7. The summed E-state index contributed by atoms with van der Waals surface area (Å²) in [6.07, 6.45) is 3.58. The number of aromatic hydroxyl groups is 1. The van der Waals surface area contributed by atoms with E-state index in [2.05, 4.69) is 5.32 Å². The second-order valence-corrected chi connectivity index (χ2v) is 11.4. The van der Waals surface area contributed by atoms with Crippen LogP contribution in [-0.2, 0) is 20.9 Å². The number of phenols is 1. The number of β-lactam (4-membered cyclic amide) rings is 1. The van der Waals surface area contributed by atoms with Crippen LogP contribution in [0.2, 0.25) is 10.0 Å². The molecule has 0 unspecified atom stereocenters. The number of carboxylic acid groups (broad SMARTS) is 1. The number of halogens is 2. The molecular formula is C25H20Cl2N3O5S2+. The fraction of sp³-hybridized carbons (Fsp3) is 0.200. The first-order valence-corrected chi connectivity index (χ1v) is 13.9. The fourth-order valence-corrected chi connectivity index (χ4v) is 6.97. The third-order valence-corrected chi connectivity index (χ3v) is 9.12. The molecule has 1 aromatic heterocycles. The van der Waals surface area contributed by atoms with Crippen LogP contribution in [0.25, 0.3) is 10.8 Å². The molecule has 12 heteroatoms. The Bertz CT molecular complexity index is 1480. The van der Waals surface area contributed by atoms with Crippen molar-refractivity contribution >= 4 is 75.3 Å². The number of rotatable bonds is 7. The lowest BCUT2D eigenvalue weighted by Crippen LogP contribution is -2.70. The minimum Gasteiger partial charge on any atom is -0.507 e. The van der Waals surface area contributed by atoms with Gasteiger partial charge in [0.15, 0.2) is 18.9 Å². The lowest BCUT2D eigenvalue weighted by atomic mass is 10.0. The van der Waals surface area contributed by atoms with E-state index >= 15 is 0 Å². The van der Waals surface area contributed by atoms with Crippen molar-refractivity contribution in [1.29, 1.82) is 0 Å². The van der Waals surface area contributed by atoms with E-state index in [0.29, 0.717) is 31.7 Å². The average Bonchev–Trinajstić information content (AvgIpc) is 2.87. The Balaban J connectivity index is 1.28. The van der Waals surface area contributed by atoms with E-state index in [1.165, 1.54) is 28.4 Å². The van der Waals surface area contributed by atoms with Crippen molar-refractivity contribution in [3.8, 4) is 5.75 Å². The van der Waals surface area contributed by atoms with Gasteiger partial charge in [0.25, 0.3) is 5.91 Å². The molecule has 0 radical (unpaired) electrons. The summed E-state index contributed by atoms with van der Waals surface area (Å²) < 4.78 is 1.82. The smallest absolute Gasteiger partial charge is 0.352 e. The molecule has 3 aromatic rings. The van der Waals surface area contributed by atoms with Crippen molar-refractivity contribution in [2.45, 2.75) is 22.9 Å². The highest BCUT2D eigenvalue weighted by Gasteiger charge is 2.54. The number of nitrogens with zero attached hydrogens (tertiary/aromatic N) is 2. The number of amides is 2. The Kier molecular flexibility index (Phi) is 7.26. The summed E-state index contributed by atoms with van der Waals surface area (Å²) in [4.78, 5) is 39.6. The SMILES string of the molecule is O=C(CSc1cc(Cl)ccc1Cl)N[C@@H]1C(=O)N2C(C(=O)O)=C(C[n+]3ccc4c(O)cccc4c3)CS[C@H]12. The predicted molar refractivity (Wildman–Crippen MR) is 143 cm³/mol. The monoisotopic (exact) mass is 576 g/mol. The summed E-state index contributed by atoms with van der Waals surface area (Å²) in [6, 6.07) is 11.1. The number of pyridine rings is 1. The lowest BCUT2D eigenvalue weighted by molar-refractivity contribution is -0.687. The largest absolute Gasteiger partial charge is 0.507 e. The number of hydrogen-bond donors (Lipinski definition) is 3. The topological polar surface area (TPSA) is 111 Å². The number of carbonyl (C=O) groups is 3. The van der Waals surface area contributed by atoms with Crippen molar-refractivity contribution in [2.24, 2.45) is 0 Å². The Hall–Kier alpha value is -2.92. The summed E-state index contributed by atoms with van der Waals surface area (Å²) >= 11 is 14.7. The summed E-state index contributed by atoms with van der Waals surface area (Å²) in [5.41, 5.74) is 0.533. The molecule has 2 amide bonds. The number of aromatic nitrogens is 1. The molecule has 0 aliphatic carbocycles. The number of carbonyl (C=O) groups excluding carboxylic acids is 2. The van der Waals surface area contributed by atoms with Crippen LogP contribution in [0.15, 0.2) is 71.0 Å². The van der Waals surface area contributed by atoms with E-state index in [1.807, 2.05) is 16.8 Å². The van der Waals surface area contributed by atoms with Gasteiger partial charge in [-0.1, -0.05) is 29.3 Å². The quantitative estimate of drug-likeness (QED) is 0.223. The second-order valence-electron chi connectivity index (χ2n) is 8.47. The van der Waals surface area contributed by atoms with Gasteiger partial charge >= 0.3 is 5.97 Å². The van der Waals surface area contributed by atoms with Gasteiger partial charge in [-0.2, -0.15) is 0 Å². The van der Waals surface area contributed by atoms with Gasteiger partial charge < -0.3 is 15.5 Å². The zero-order valence-corrected chi connectivity index (χ0v) is 22.2. The molecule has 2 atom stereocenters. The molecule has 0 saturated carbocycles. The first-order chi connectivity index (χ1) is 17.7. The first kappa shape index (κ1) is 25.7. The zero-order chi connectivity index (χ0) is 26.3. The second kappa shape index (κ2) is 10.4. The number of carboxylic acids is 1. The number of fused-ring (bicyclic) bond motifs is 2. The molecule has 0 bridgehead atoms. The molecule has 2 aliphatic rings. The molecule has 8 nitrogen and oxygen atoms in total. The van der Waals surface area contributed by atoms with E-state index in [-0.39, 0.29) is 29.7 Å². The van der Waals surface area contributed by atoms with Crippen LogP contribution < -0.4 is 9.88 Å². The highest BCUT2D eigenvalue weighted by atomic mass is 35.5. The van der Waals surface area contributed by atoms with Crippen LogP contribution in [0.5, 0.6) is 5.75 Å². The lowest BCUT2D eigenvalue weighted by Gasteiger charge is -2.49. The van der Waals surface area contributed by atoms with Crippen LogP contribution in [0, 0.1) is 0 Å². The summed E-state index contributed by atoms with van der Waals surface area (Å²) in [6.45, 7) is 0.269. The number of thioether (sulfide) groups is 2. The molecule has 0 spiro atoms. The van der Waals surface area contributed by atoms with Gasteiger partial charge in [0.05, 0.1) is 10.8 Å². The standard InChI is InChI=1S/C25H19Cl2N3O5S2/c26-15-4-5-17(27)19(8-15)36-12-20(32)28-21-23(33)30-22(25(34)35)14(11-37-24(21)30)10-29-7-6-16-13(9-29)2-1-3-18(16)31/h1-9,21,24H,10-12H2,(H2-,28,31,32,34,35)/p+1/t21-,24-/m1/s1. The van der Waals surface area contributed by atoms with Crippen LogP contribution in [-0.4, -0.2) is 55.8 Å². The van der Waals surface area contributed by atoms with Gasteiger partial charge in [-0.25, -0.2) is 9.36 Å². The minimum absolute atomic E-state index is 0.0300. The van der Waals surface area contributed by atoms with E-state index in [4.69, 9.17) is 23.2 Å². The Morgan fingerprint density at radius 2 is 2.03 bits per heavy atom. The number of nitrogens with one attached hydrogen (secondary N) is 1. The molecule has 37 heavy (non-hydrogen) atoms. The van der Waals surface area contributed by atoms with Crippen molar-refractivity contribution < 1.29 is 29.2 Å². The zero-order valence-electron chi connectivity index (χ0n) is 19.1. The van der Waals surface area contributed by atoms with Gasteiger partial charge in [-0.3, -0.25) is 14.5 Å². The molecule has 3 heterocycles. The average molecular weight is 577 g/mol. The predicted octanol–water partition coefficient (Wildman–Crippen LogP) is 3.67. The highest BCUT2D eigenvalue weighted by molar-refractivity contribution is 8.00. The molecule has 1 fully saturated rings. The van der Waals surface area contributed by atoms with Gasteiger partial charge in [0.2, 0.25) is 5.91 Å². The minimum atomic E-state index is -1.19. The molecule has 2 aromatic carbocycles. The van der Waals surface area contributed by atoms with Gasteiger partial charge in [-0.15, -0.1) is 23.5 Å². The van der Waals surface area contributed by atoms with Crippen molar-refractivity contribution in [1.82, 2.24) is 10.2 Å². The third kappa shape index (κ3) is 5.11. The van der Waals surface area contributed by atoms with E-state index in [9.17, 15) is 24.6 Å². The normalized spacial score (nSPS) is 19.0. The number of phenolic OH excluding ortho intramolecular Hbond substituents is 1. The molecule has 1 saturated heterocycles.